The number of aromatic nitrogens is 3. The molecule has 0 radical (unpaired) electrons. The Morgan fingerprint density at radius 3 is 3.00 bits per heavy atom. The molecular formula is C14H12FN3OS. The molecule has 3 aromatic rings. The van der Waals surface area contributed by atoms with Crippen molar-refractivity contribution >= 4 is 23.3 Å². The summed E-state index contributed by atoms with van der Waals surface area (Å²) in [4.78, 5) is 7.08. The molecule has 0 saturated heterocycles. The van der Waals surface area contributed by atoms with Crippen LogP contribution in [0.25, 0.3) is 11.0 Å². The van der Waals surface area contributed by atoms with Crippen molar-refractivity contribution in [3.05, 3.63) is 52.8 Å². The molecule has 4 nitrogen and oxygen atoms in total. The Morgan fingerprint density at radius 1 is 1.45 bits per heavy atom. The number of imidazole rings is 1. The molecule has 0 unspecified atom stereocenters. The summed E-state index contributed by atoms with van der Waals surface area (Å²) in [7, 11) is 1.44. The predicted octanol–water partition coefficient (Wildman–Crippen LogP) is 3.29. The number of pyridine rings is 1. The fourth-order valence-electron chi connectivity index (χ4n) is 2.15. The van der Waals surface area contributed by atoms with Gasteiger partial charge in [0.05, 0.1) is 24.7 Å². The van der Waals surface area contributed by atoms with Crippen LogP contribution in [0.4, 0.5) is 4.39 Å². The maximum Gasteiger partial charge on any atom is 0.178 e. The summed E-state index contributed by atoms with van der Waals surface area (Å²) in [6, 6.07) is 6.87. The van der Waals surface area contributed by atoms with Crippen LogP contribution < -0.4 is 4.74 Å². The topological polar surface area (TPSA) is 42.8 Å². The van der Waals surface area contributed by atoms with Gasteiger partial charge in [-0.3, -0.25) is 4.98 Å². The van der Waals surface area contributed by atoms with Gasteiger partial charge in [0.1, 0.15) is 0 Å². The van der Waals surface area contributed by atoms with E-state index in [4.69, 9.17) is 17.0 Å². The number of fused-ring (bicyclic) bond motifs is 1. The number of hydrogen-bond acceptors (Lipinski definition) is 3. The van der Waals surface area contributed by atoms with Crippen molar-refractivity contribution in [2.45, 2.75) is 6.54 Å². The number of rotatable bonds is 3. The lowest BCUT2D eigenvalue weighted by molar-refractivity contribution is 0.387. The van der Waals surface area contributed by atoms with Crippen molar-refractivity contribution in [3.63, 3.8) is 0 Å². The fourth-order valence-corrected chi connectivity index (χ4v) is 2.42. The number of hydrogen-bond donors (Lipinski definition) is 1. The molecular weight excluding hydrogens is 277 g/mol. The summed E-state index contributed by atoms with van der Waals surface area (Å²) in [5, 5.41) is 0. The van der Waals surface area contributed by atoms with E-state index in [1.165, 1.54) is 13.2 Å². The SMILES string of the molecule is COc1cc2c(cc1F)[nH]c(=S)n2Cc1cccnc1. The molecule has 0 amide bonds. The third kappa shape index (κ3) is 2.18. The van der Waals surface area contributed by atoms with E-state index in [1.54, 1.807) is 18.5 Å². The van der Waals surface area contributed by atoms with Crippen molar-refractivity contribution < 1.29 is 9.13 Å². The number of halogens is 1. The lowest BCUT2D eigenvalue weighted by Crippen LogP contribution is -2.00. The van der Waals surface area contributed by atoms with Gasteiger partial charge in [0.2, 0.25) is 0 Å². The van der Waals surface area contributed by atoms with E-state index in [1.807, 2.05) is 16.7 Å². The Balaban J connectivity index is 2.15. The zero-order valence-electron chi connectivity index (χ0n) is 10.8. The van der Waals surface area contributed by atoms with Crippen molar-refractivity contribution in [3.8, 4) is 5.75 Å². The molecule has 0 saturated carbocycles. The monoisotopic (exact) mass is 289 g/mol. The second-order valence-electron chi connectivity index (χ2n) is 4.38. The summed E-state index contributed by atoms with van der Waals surface area (Å²) in [6.07, 6.45) is 3.50. The lowest BCUT2D eigenvalue weighted by Gasteiger charge is -2.06. The minimum absolute atomic E-state index is 0.200. The number of methoxy groups -OCH3 is 1. The second kappa shape index (κ2) is 5.05. The van der Waals surface area contributed by atoms with Gasteiger partial charge >= 0.3 is 0 Å². The van der Waals surface area contributed by atoms with Gasteiger partial charge in [-0.25, -0.2) is 4.39 Å². The van der Waals surface area contributed by atoms with Gasteiger partial charge in [-0.15, -0.1) is 0 Å². The minimum atomic E-state index is -0.412. The van der Waals surface area contributed by atoms with E-state index in [-0.39, 0.29) is 5.75 Å². The third-order valence-electron chi connectivity index (χ3n) is 3.11. The van der Waals surface area contributed by atoms with Crippen LogP contribution >= 0.6 is 12.2 Å². The van der Waals surface area contributed by atoms with Crippen molar-refractivity contribution in [1.29, 1.82) is 0 Å². The quantitative estimate of drug-likeness (QED) is 0.752. The van der Waals surface area contributed by atoms with Gasteiger partial charge in [0.25, 0.3) is 0 Å². The Morgan fingerprint density at radius 2 is 2.30 bits per heavy atom. The van der Waals surface area contributed by atoms with Gasteiger partial charge < -0.3 is 14.3 Å². The third-order valence-corrected chi connectivity index (χ3v) is 3.43. The molecule has 1 N–H and O–H groups in total. The van der Waals surface area contributed by atoms with Crippen LogP contribution in [-0.4, -0.2) is 21.6 Å². The molecule has 6 heteroatoms. The number of aromatic amines is 1. The zero-order valence-corrected chi connectivity index (χ0v) is 11.6. The van der Waals surface area contributed by atoms with E-state index in [2.05, 4.69) is 9.97 Å². The standard InChI is InChI=1S/C14H12FN3OS/c1-19-13-6-12-11(5-10(13)15)17-14(20)18(12)8-9-3-2-4-16-7-9/h2-7H,8H2,1H3,(H,17,20). The van der Waals surface area contributed by atoms with E-state index in [0.29, 0.717) is 16.8 Å². The molecule has 2 heterocycles. The smallest absolute Gasteiger partial charge is 0.178 e. The molecule has 3 rings (SSSR count). The van der Waals surface area contributed by atoms with Crippen LogP contribution in [-0.2, 0) is 6.54 Å². The van der Waals surface area contributed by atoms with Gasteiger partial charge in [-0.1, -0.05) is 6.07 Å². The molecule has 0 bridgehead atoms. The summed E-state index contributed by atoms with van der Waals surface area (Å²) < 4.78 is 21.1. The Labute approximate surface area is 119 Å². The molecule has 102 valence electrons. The molecule has 0 atom stereocenters. The number of nitrogens with zero attached hydrogens (tertiary/aromatic N) is 2. The first-order valence-electron chi connectivity index (χ1n) is 6.04. The van der Waals surface area contributed by atoms with E-state index in [9.17, 15) is 4.39 Å². The Bertz CT molecular complexity index is 810. The number of H-pyrrole nitrogens is 1. The molecule has 0 fully saturated rings. The Kier molecular flexibility index (Phi) is 3.23. The van der Waals surface area contributed by atoms with Crippen molar-refractivity contribution in [2.24, 2.45) is 0 Å². The highest BCUT2D eigenvalue weighted by atomic mass is 32.1. The van der Waals surface area contributed by atoms with Crippen LogP contribution in [0, 0.1) is 10.6 Å². The van der Waals surface area contributed by atoms with E-state index >= 15 is 0 Å². The maximum atomic E-state index is 13.7. The van der Waals surface area contributed by atoms with Gasteiger partial charge in [-0.2, -0.15) is 0 Å². The molecule has 1 aromatic carbocycles. The van der Waals surface area contributed by atoms with Crippen LogP contribution in [0.5, 0.6) is 5.75 Å². The van der Waals surface area contributed by atoms with Crippen LogP contribution in [0.15, 0.2) is 36.7 Å². The maximum absolute atomic E-state index is 13.7. The number of nitrogens with one attached hydrogen (secondary N) is 1. The fraction of sp³-hybridized carbons (Fsp3) is 0.143. The molecule has 0 spiro atoms. The number of benzene rings is 1. The Hall–Kier alpha value is -2.21. The van der Waals surface area contributed by atoms with Gasteiger partial charge in [-0.05, 0) is 23.8 Å². The van der Waals surface area contributed by atoms with E-state index < -0.39 is 5.82 Å². The predicted molar refractivity (Wildman–Crippen MR) is 77.0 cm³/mol. The highest BCUT2D eigenvalue weighted by Gasteiger charge is 2.10. The molecule has 0 aliphatic carbocycles. The van der Waals surface area contributed by atoms with Crippen LogP contribution in [0.1, 0.15) is 5.56 Å². The normalized spacial score (nSPS) is 10.9. The number of ether oxygens (including phenoxy) is 1. The lowest BCUT2D eigenvalue weighted by atomic mass is 10.2. The highest BCUT2D eigenvalue weighted by Crippen LogP contribution is 2.25. The van der Waals surface area contributed by atoms with Crippen LogP contribution in [0.3, 0.4) is 0 Å². The first kappa shape index (κ1) is 12.8. The largest absolute Gasteiger partial charge is 0.494 e. The molecule has 20 heavy (non-hydrogen) atoms. The molecule has 0 aliphatic heterocycles. The average molecular weight is 289 g/mol. The summed E-state index contributed by atoms with van der Waals surface area (Å²) in [6.45, 7) is 0.571. The van der Waals surface area contributed by atoms with Gasteiger partial charge in [0, 0.05) is 24.5 Å². The van der Waals surface area contributed by atoms with Crippen molar-refractivity contribution in [2.75, 3.05) is 7.11 Å². The van der Waals surface area contributed by atoms with Crippen LogP contribution in [0.2, 0.25) is 0 Å². The first-order valence-corrected chi connectivity index (χ1v) is 6.45. The minimum Gasteiger partial charge on any atom is -0.494 e. The highest BCUT2D eigenvalue weighted by molar-refractivity contribution is 7.71. The van der Waals surface area contributed by atoms with E-state index in [0.717, 1.165) is 11.1 Å². The zero-order chi connectivity index (χ0) is 14.1. The summed E-state index contributed by atoms with van der Waals surface area (Å²) in [5.41, 5.74) is 2.47. The first-order chi connectivity index (χ1) is 9.69. The van der Waals surface area contributed by atoms with Crippen molar-refractivity contribution in [1.82, 2.24) is 14.5 Å². The average Bonchev–Trinajstić information content (AvgIpc) is 2.74. The summed E-state index contributed by atoms with van der Waals surface area (Å²) in [5.74, 6) is -0.212. The molecule has 0 aliphatic rings. The molecule has 2 aromatic heterocycles. The summed E-state index contributed by atoms with van der Waals surface area (Å²) >= 11 is 5.30. The van der Waals surface area contributed by atoms with Gasteiger partial charge in [0.15, 0.2) is 16.3 Å². The second-order valence-corrected chi connectivity index (χ2v) is 4.77.